The third-order valence-electron chi connectivity index (χ3n) is 15.1. The van der Waals surface area contributed by atoms with Gasteiger partial charge in [0.05, 0.1) is 13.2 Å². The number of anilines is 2. The Morgan fingerprint density at radius 2 is 0.928 bits per heavy atom. The molecule has 2 fully saturated rings. The maximum atomic E-state index is 14.3. The molecule has 6 N–H and O–H groups in total. The van der Waals surface area contributed by atoms with Crippen LogP contribution in [0.5, 0.6) is 11.5 Å². The molecule has 4 aromatic carbocycles. The second-order valence-electron chi connectivity index (χ2n) is 20.7. The van der Waals surface area contributed by atoms with Crippen LogP contribution in [-0.4, -0.2) is 40.8 Å². The molecule has 0 unspecified atom stereocenters. The summed E-state index contributed by atoms with van der Waals surface area (Å²) in [6.07, 6.45) is 28.9. The zero-order valence-electron chi connectivity index (χ0n) is 41.8. The number of hydrogen-bond donors (Lipinski definition) is 4. The Morgan fingerprint density at radius 3 is 1.33 bits per heavy atom. The second-order valence-corrected chi connectivity index (χ2v) is 20.7. The number of aliphatic hydroxyl groups is 2. The predicted molar refractivity (Wildman–Crippen MR) is 284 cm³/mol. The summed E-state index contributed by atoms with van der Waals surface area (Å²) in [6.45, 7) is 5.92. The molecule has 2 saturated carbocycles. The van der Waals surface area contributed by atoms with Crippen molar-refractivity contribution in [3.05, 3.63) is 131 Å². The van der Waals surface area contributed by atoms with Gasteiger partial charge in [-0.15, -0.1) is 0 Å². The van der Waals surface area contributed by atoms with E-state index in [1.807, 2.05) is 48.5 Å². The highest BCUT2D eigenvalue weighted by Crippen LogP contribution is 2.43. The molecule has 372 valence electrons. The van der Waals surface area contributed by atoms with E-state index >= 15 is 0 Å². The molecule has 2 aliphatic rings. The first-order valence-corrected chi connectivity index (χ1v) is 26.5. The maximum absolute atomic E-state index is 14.3. The van der Waals surface area contributed by atoms with Gasteiger partial charge in [0.15, 0.2) is 5.78 Å². The van der Waals surface area contributed by atoms with E-state index < -0.39 is 17.0 Å². The molecule has 0 amide bonds. The van der Waals surface area contributed by atoms with Gasteiger partial charge in [-0.1, -0.05) is 164 Å². The van der Waals surface area contributed by atoms with Gasteiger partial charge >= 0.3 is 0 Å². The summed E-state index contributed by atoms with van der Waals surface area (Å²) in [5.41, 5.74) is 14.4. The molecule has 2 aliphatic carbocycles. The largest absolute Gasteiger partial charge is 0.493 e. The molecule has 0 aromatic heterocycles. The smallest absolute Gasteiger partial charge is 0.235 e. The molecule has 8 heteroatoms. The van der Waals surface area contributed by atoms with Crippen molar-refractivity contribution in [1.82, 2.24) is 0 Å². The zero-order valence-corrected chi connectivity index (χ0v) is 41.8. The Bertz CT molecular complexity index is 2130. The van der Waals surface area contributed by atoms with Crippen molar-refractivity contribution >= 4 is 35.1 Å². The van der Waals surface area contributed by atoms with Crippen LogP contribution < -0.4 is 20.9 Å². The minimum Gasteiger partial charge on any atom is -0.493 e. The number of unbranched alkanes of at least 4 members (excludes halogenated alkanes) is 6. The molecule has 0 atom stereocenters. The van der Waals surface area contributed by atoms with Gasteiger partial charge in [-0.25, -0.2) is 0 Å². The number of nitrogen functional groups attached to an aromatic ring is 2. The van der Waals surface area contributed by atoms with Crippen molar-refractivity contribution in [1.29, 1.82) is 0 Å². The van der Waals surface area contributed by atoms with Crippen LogP contribution in [0, 0.1) is 29.1 Å². The number of carbonyl (C=O) groups excluding carboxylic acids is 2. The maximum Gasteiger partial charge on any atom is 0.235 e. The summed E-state index contributed by atoms with van der Waals surface area (Å²) < 4.78 is 12.4. The van der Waals surface area contributed by atoms with Crippen molar-refractivity contribution in [2.24, 2.45) is 29.1 Å². The third kappa shape index (κ3) is 17.0. The lowest BCUT2D eigenvalue weighted by Crippen LogP contribution is -2.57. The fourth-order valence-electron chi connectivity index (χ4n) is 10.6. The topological polar surface area (TPSA) is 145 Å². The molecule has 0 heterocycles. The van der Waals surface area contributed by atoms with Crippen molar-refractivity contribution < 1.29 is 29.3 Å². The zero-order chi connectivity index (χ0) is 48.9. The molecule has 0 bridgehead atoms. The molecular formula is C61H82N2O6. The fourth-order valence-corrected chi connectivity index (χ4v) is 10.6. The number of ether oxygens (including phenoxy) is 2. The molecule has 0 aliphatic heterocycles. The highest BCUT2D eigenvalue weighted by molar-refractivity contribution is 6.01. The standard InChI is InChI=1S/C61H82N2O6/c1-3-5-7-9-11-46-13-17-52(18-14-46)44-68-57-36-26-48(27-37-57)25-35-56(64)43-60(41-50-21-31-54(62)32-22-50,42-51-23-33-55(63)34-24-51)61(66,67)59(65)40-30-49-28-38-58(39-29-49)69-45-53-19-15-47(16-20-53)12-10-8-6-4-2/h21-40,46-47,52-53,66-67H,3-20,41-45,62-63H2,1-2H3. The highest BCUT2D eigenvalue weighted by atomic mass is 16.5. The summed E-state index contributed by atoms with van der Waals surface area (Å²) in [5.74, 6) is 0.129. The molecule has 4 aromatic rings. The quantitative estimate of drug-likeness (QED) is 0.0191. The van der Waals surface area contributed by atoms with E-state index in [0.717, 1.165) is 28.9 Å². The molecule has 8 nitrogen and oxygen atoms in total. The number of rotatable bonds is 28. The normalized spacial score (nSPS) is 19.0. The molecule has 6 rings (SSSR count). The van der Waals surface area contributed by atoms with Gasteiger partial charge < -0.3 is 31.2 Å². The Morgan fingerprint density at radius 1 is 0.536 bits per heavy atom. The number of nitrogens with two attached hydrogens (primary N) is 2. The molecular weight excluding hydrogens is 857 g/mol. The molecule has 0 radical (unpaired) electrons. The van der Waals surface area contributed by atoms with Gasteiger partial charge in [-0.3, -0.25) is 9.59 Å². The number of hydrogen-bond acceptors (Lipinski definition) is 8. The minimum atomic E-state index is -2.97. The van der Waals surface area contributed by atoms with E-state index in [1.165, 1.54) is 128 Å². The van der Waals surface area contributed by atoms with E-state index in [-0.39, 0.29) is 25.0 Å². The molecule has 69 heavy (non-hydrogen) atoms. The summed E-state index contributed by atoms with van der Waals surface area (Å²) in [7, 11) is 0. The Labute approximate surface area is 414 Å². The van der Waals surface area contributed by atoms with Crippen LogP contribution in [-0.2, 0) is 22.4 Å². The lowest BCUT2D eigenvalue weighted by Gasteiger charge is -2.42. The number of allylic oxidation sites excluding steroid dienone is 1. The minimum absolute atomic E-state index is 0.0108. The first kappa shape index (κ1) is 53.2. The summed E-state index contributed by atoms with van der Waals surface area (Å²) in [6, 6.07) is 29.2. The summed E-state index contributed by atoms with van der Waals surface area (Å²) >= 11 is 0. The van der Waals surface area contributed by atoms with Crippen molar-refractivity contribution in [3.8, 4) is 11.5 Å². The van der Waals surface area contributed by atoms with Crippen LogP contribution in [0.3, 0.4) is 0 Å². The van der Waals surface area contributed by atoms with E-state index in [2.05, 4.69) is 13.8 Å². The van der Waals surface area contributed by atoms with Crippen LogP contribution >= 0.6 is 0 Å². The van der Waals surface area contributed by atoms with Crippen molar-refractivity contribution in [2.75, 3.05) is 24.7 Å². The van der Waals surface area contributed by atoms with Gasteiger partial charge in [0.1, 0.15) is 11.5 Å². The van der Waals surface area contributed by atoms with Crippen LogP contribution in [0.2, 0.25) is 0 Å². The molecule has 0 saturated heterocycles. The van der Waals surface area contributed by atoms with Crippen LogP contribution in [0.4, 0.5) is 11.4 Å². The van der Waals surface area contributed by atoms with Crippen LogP contribution in [0.25, 0.3) is 12.2 Å². The second kappa shape index (κ2) is 27.3. The van der Waals surface area contributed by atoms with Gasteiger partial charge in [-0.05, 0) is 145 Å². The number of carbonyl (C=O) groups is 2. The molecule has 0 spiro atoms. The van der Waals surface area contributed by atoms with Crippen molar-refractivity contribution in [3.63, 3.8) is 0 Å². The lowest BCUT2D eigenvalue weighted by atomic mass is 9.65. The van der Waals surface area contributed by atoms with E-state index in [9.17, 15) is 19.8 Å². The van der Waals surface area contributed by atoms with E-state index in [0.29, 0.717) is 53.1 Å². The Kier molecular flexibility index (Phi) is 21.0. The van der Waals surface area contributed by atoms with Crippen molar-refractivity contribution in [2.45, 2.75) is 154 Å². The SMILES string of the molecule is CCCCCCC1CCC(COc2ccc(C=CC(=O)CC(Cc3ccc(N)cc3)(Cc3ccc(N)cc3)C(O)(O)C(=O)C=Cc3ccc(OCC4CCC(CCCCCC)CC4)cc3)cc2)CC1. The summed E-state index contributed by atoms with van der Waals surface area (Å²) in [5, 5.41) is 24.6. The fraction of sp³-hybridized carbons (Fsp3) is 0.508. The van der Waals surface area contributed by atoms with Crippen LogP contribution in [0.1, 0.15) is 158 Å². The average Bonchev–Trinajstić information content (AvgIpc) is 3.36. The van der Waals surface area contributed by atoms with Gasteiger partial charge in [0.25, 0.3) is 0 Å². The lowest BCUT2D eigenvalue weighted by molar-refractivity contribution is -0.230. The van der Waals surface area contributed by atoms with Gasteiger partial charge in [0.2, 0.25) is 11.6 Å². The Balaban J connectivity index is 1.11. The average molecular weight is 939 g/mol. The van der Waals surface area contributed by atoms with E-state index in [1.54, 1.807) is 60.7 Å². The van der Waals surface area contributed by atoms with Gasteiger partial charge in [-0.2, -0.15) is 0 Å². The first-order chi connectivity index (χ1) is 33.4. The highest BCUT2D eigenvalue weighted by Gasteiger charge is 2.54. The summed E-state index contributed by atoms with van der Waals surface area (Å²) in [4.78, 5) is 28.4. The monoisotopic (exact) mass is 939 g/mol. The first-order valence-electron chi connectivity index (χ1n) is 26.5. The third-order valence-corrected chi connectivity index (χ3v) is 15.1. The van der Waals surface area contributed by atoms with E-state index in [4.69, 9.17) is 20.9 Å². The van der Waals surface area contributed by atoms with Crippen LogP contribution in [0.15, 0.2) is 109 Å². The number of ketones is 2. The predicted octanol–water partition coefficient (Wildman–Crippen LogP) is 13.6. The van der Waals surface area contributed by atoms with Gasteiger partial charge in [0, 0.05) is 23.2 Å². The Hall–Kier alpha value is -5.18. The number of benzene rings is 4.